The Labute approximate surface area is 169 Å². The molecular weight excluding hydrogens is 434 g/mol. The fraction of sp³-hybridized carbons (Fsp3) is 0.222. The van der Waals surface area contributed by atoms with Gasteiger partial charge in [-0.25, -0.2) is 5.43 Å². The van der Waals surface area contributed by atoms with Gasteiger partial charge in [0.1, 0.15) is 5.75 Å². The molecule has 0 spiro atoms. The number of hydrogen-bond acceptors (Lipinski definition) is 6. The van der Waals surface area contributed by atoms with Crippen molar-refractivity contribution in [1.82, 2.24) is 5.43 Å². The van der Waals surface area contributed by atoms with Crippen molar-refractivity contribution in [2.24, 2.45) is 5.10 Å². The van der Waals surface area contributed by atoms with Gasteiger partial charge in [0.05, 0.1) is 28.0 Å². The number of methoxy groups -OCH3 is 1. The fourth-order valence-electron chi connectivity index (χ4n) is 2.11. The van der Waals surface area contributed by atoms with Gasteiger partial charge >= 0.3 is 0 Å². The first-order valence-electron chi connectivity index (χ1n) is 7.89. The molecule has 142 valence electrons. The van der Waals surface area contributed by atoms with Crippen LogP contribution in [-0.2, 0) is 10.5 Å². The molecule has 2 aromatic rings. The van der Waals surface area contributed by atoms with Crippen LogP contribution >= 0.6 is 27.7 Å². The Morgan fingerprint density at radius 3 is 2.59 bits per heavy atom. The number of non-ortho nitro benzene ring substituents is 1. The molecule has 0 heterocycles. The van der Waals surface area contributed by atoms with E-state index in [0.29, 0.717) is 11.5 Å². The summed E-state index contributed by atoms with van der Waals surface area (Å²) >= 11 is 4.82. The van der Waals surface area contributed by atoms with Crippen LogP contribution in [0.15, 0.2) is 52.0 Å². The summed E-state index contributed by atoms with van der Waals surface area (Å²) in [7, 11) is 1.59. The molecule has 1 N–H and O–H groups in total. The number of nitrogens with zero attached hydrogens (tertiary/aromatic N) is 2. The van der Waals surface area contributed by atoms with Gasteiger partial charge in [0, 0.05) is 17.9 Å². The SMILES string of the molecule is COc1ccc(C(C)=NNC(=O)CSCc2ccc([N+](=O)[O-])cc2)cc1Br. The topological polar surface area (TPSA) is 93.8 Å². The van der Waals surface area contributed by atoms with E-state index >= 15 is 0 Å². The monoisotopic (exact) mass is 451 g/mol. The normalized spacial score (nSPS) is 11.1. The van der Waals surface area contributed by atoms with E-state index in [1.54, 1.807) is 26.2 Å². The second kappa shape index (κ2) is 10.1. The minimum absolute atomic E-state index is 0.0523. The third kappa shape index (κ3) is 6.37. The van der Waals surface area contributed by atoms with Gasteiger partial charge in [0.15, 0.2) is 0 Å². The predicted octanol–water partition coefficient (Wildman–Crippen LogP) is 4.14. The number of rotatable bonds is 8. The molecule has 1 amide bonds. The molecule has 0 saturated heterocycles. The molecule has 0 unspecified atom stereocenters. The summed E-state index contributed by atoms with van der Waals surface area (Å²) < 4.78 is 5.99. The molecular formula is C18H18BrN3O4S. The van der Waals surface area contributed by atoms with Gasteiger partial charge in [-0.15, -0.1) is 11.8 Å². The Kier molecular flexibility index (Phi) is 7.81. The third-order valence-electron chi connectivity index (χ3n) is 3.57. The van der Waals surface area contributed by atoms with Crippen molar-refractivity contribution in [1.29, 1.82) is 0 Å². The molecule has 0 radical (unpaired) electrons. The molecule has 7 nitrogen and oxygen atoms in total. The van der Waals surface area contributed by atoms with Gasteiger partial charge in [-0.2, -0.15) is 5.10 Å². The zero-order chi connectivity index (χ0) is 19.8. The van der Waals surface area contributed by atoms with Crippen molar-refractivity contribution in [2.75, 3.05) is 12.9 Å². The van der Waals surface area contributed by atoms with Crippen molar-refractivity contribution < 1.29 is 14.5 Å². The number of carbonyl (C=O) groups is 1. The van der Waals surface area contributed by atoms with E-state index in [0.717, 1.165) is 21.3 Å². The Balaban J connectivity index is 1.82. The number of carbonyl (C=O) groups excluding carboxylic acids is 1. The molecule has 2 rings (SSSR count). The van der Waals surface area contributed by atoms with Gasteiger partial charge in [-0.1, -0.05) is 12.1 Å². The highest BCUT2D eigenvalue weighted by Gasteiger charge is 2.07. The number of amides is 1. The van der Waals surface area contributed by atoms with Crippen molar-refractivity contribution >= 4 is 45.0 Å². The van der Waals surface area contributed by atoms with Crippen LogP contribution in [0.3, 0.4) is 0 Å². The van der Waals surface area contributed by atoms with Crippen LogP contribution < -0.4 is 10.2 Å². The van der Waals surface area contributed by atoms with Gasteiger partial charge in [0.25, 0.3) is 5.69 Å². The fourth-order valence-corrected chi connectivity index (χ4v) is 3.43. The Morgan fingerprint density at radius 1 is 1.30 bits per heavy atom. The van der Waals surface area contributed by atoms with Gasteiger partial charge in [-0.3, -0.25) is 14.9 Å². The average Bonchev–Trinajstić information content (AvgIpc) is 2.66. The zero-order valence-electron chi connectivity index (χ0n) is 14.8. The van der Waals surface area contributed by atoms with Crippen molar-refractivity contribution in [3.63, 3.8) is 0 Å². The van der Waals surface area contributed by atoms with E-state index < -0.39 is 4.92 Å². The lowest BCUT2D eigenvalue weighted by Gasteiger charge is -2.07. The Morgan fingerprint density at radius 2 is 2.00 bits per heavy atom. The van der Waals surface area contributed by atoms with Crippen LogP contribution in [0, 0.1) is 10.1 Å². The van der Waals surface area contributed by atoms with Crippen LogP contribution in [0.2, 0.25) is 0 Å². The second-order valence-corrected chi connectivity index (χ2v) is 7.34. The second-order valence-electron chi connectivity index (χ2n) is 5.50. The molecule has 0 bridgehead atoms. The predicted molar refractivity (Wildman–Crippen MR) is 110 cm³/mol. The molecule has 0 aliphatic carbocycles. The largest absolute Gasteiger partial charge is 0.496 e. The number of hydrazone groups is 1. The summed E-state index contributed by atoms with van der Waals surface area (Å²) in [5, 5.41) is 14.7. The first-order valence-corrected chi connectivity index (χ1v) is 9.83. The van der Waals surface area contributed by atoms with Crippen molar-refractivity contribution in [3.8, 4) is 5.75 Å². The van der Waals surface area contributed by atoms with Crippen LogP contribution in [0.25, 0.3) is 0 Å². The van der Waals surface area contributed by atoms with Crippen LogP contribution in [0.5, 0.6) is 5.75 Å². The summed E-state index contributed by atoms with van der Waals surface area (Å²) in [6.07, 6.45) is 0. The first kappa shape index (κ1) is 20.9. The maximum atomic E-state index is 11.9. The average molecular weight is 452 g/mol. The summed E-state index contributed by atoms with van der Waals surface area (Å²) in [5.74, 6) is 1.33. The van der Waals surface area contributed by atoms with E-state index in [9.17, 15) is 14.9 Å². The maximum Gasteiger partial charge on any atom is 0.269 e. The van der Waals surface area contributed by atoms with Crippen LogP contribution in [0.1, 0.15) is 18.1 Å². The lowest BCUT2D eigenvalue weighted by Crippen LogP contribution is -2.21. The molecule has 2 aromatic carbocycles. The molecule has 27 heavy (non-hydrogen) atoms. The number of hydrogen-bond donors (Lipinski definition) is 1. The van der Waals surface area contributed by atoms with Crippen LogP contribution in [0.4, 0.5) is 5.69 Å². The minimum atomic E-state index is -0.438. The number of nitrogens with one attached hydrogen (secondary N) is 1. The standard InChI is InChI=1S/C18H18BrN3O4S/c1-12(14-5-8-17(26-2)16(19)9-14)20-21-18(23)11-27-10-13-3-6-15(7-4-13)22(24)25/h3-9H,10-11H2,1-2H3,(H,21,23). The highest BCUT2D eigenvalue weighted by atomic mass is 79.9. The van der Waals surface area contributed by atoms with E-state index in [2.05, 4.69) is 26.5 Å². The molecule has 0 aliphatic rings. The summed E-state index contributed by atoms with van der Waals surface area (Å²) in [4.78, 5) is 22.1. The summed E-state index contributed by atoms with van der Waals surface area (Å²) in [5.41, 5.74) is 5.04. The number of ether oxygens (including phenoxy) is 1. The highest BCUT2D eigenvalue weighted by molar-refractivity contribution is 9.10. The summed E-state index contributed by atoms with van der Waals surface area (Å²) in [6, 6.07) is 11.8. The maximum absolute atomic E-state index is 11.9. The molecule has 9 heteroatoms. The van der Waals surface area contributed by atoms with Gasteiger partial charge in [0.2, 0.25) is 5.91 Å². The number of halogens is 1. The van der Waals surface area contributed by atoms with E-state index in [4.69, 9.17) is 4.74 Å². The quantitative estimate of drug-likeness (QED) is 0.369. The van der Waals surface area contributed by atoms with E-state index in [1.165, 1.54) is 23.9 Å². The lowest BCUT2D eigenvalue weighted by molar-refractivity contribution is -0.384. The lowest BCUT2D eigenvalue weighted by atomic mass is 10.1. The van der Waals surface area contributed by atoms with Crippen molar-refractivity contribution in [3.05, 3.63) is 68.2 Å². The Hall–Kier alpha value is -2.39. The highest BCUT2D eigenvalue weighted by Crippen LogP contribution is 2.25. The smallest absolute Gasteiger partial charge is 0.269 e. The summed E-state index contributed by atoms with van der Waals surface area (Å²) in [6.45, 7) is 1.80. The van der Waals surface area contributed by atoms with Crippen LogP contribution in [-0.4, -0.2) is 29.4 Å². The number of nitro benzene ring substituents is 1. The van der Waals surface area contributed by atoms with Gasteiger partial charge in [-0.05, 0) is 52.2 Å². The zero-order valence-corrected chi connectivity index (χ0v) is 17.2. The minimum Gasteiger partial charge on any atom is -0.496 e. The molecule has 0 saturated carbocycles. The molecule has 0 fully saturated rings. The number of thioether (sulfide) groups is 1. The van der Waals surface area contributed by atoms with Crippen molar-refractivity contribution in [2.45, 2.75) is 12.7 Å². The molecule has 0 atom stereocenters. The third-order valence-corrected chi connectivity index (χ3v) is 5.19. The Bertz CT molecular complexity index is 856. The van der Waals surface area contributed by atoms with E-state index in [-0.39, 0.29) is 17.3 Å². The number of benzene rings is 2. The first-order chi connectivity index (χ1) is 12.9. The molecule has 0 aromatic heterocycles. The molecule has 0 aliphatic heterocycles. The number of nitro groups is 1. The van der Waals surface area contributed by atoms with Gasteiger partial charge < -0.3 is 4.74 Å². The van der Waals surface area contributed by atoms with E-state index in [1.807, 2.05) is 18.2 Å².